The molecule has 144 valence electrons. The molecule has 1 fully saturated rings. The third kappa shape index (κ3) is 4.76. The third-order valence-electron chi connectivity index (χ3n) is 4.85. The molecule has 5 nitrogen and oxygen atoms in total. The van der Waals surface area contributed by atoms with Crippen LogP contribution in [-0.2, 0) is 19.6 Å². The Bertz CT molecular complexity index is 937. The average molecular weight is 378 g/mol. The summed E-state index contributed by atoms with van der Waals surface area (Å²) in [6.45, 7) is 1.63. The van der Waals surface area contributed by atoms with E-state index in [1.165, 1.54) is 12.1 Å². The molecule has 0 radical (unpaired) electrons. The van der Waals surface area contributed by atoms with Gasteiger partial charge >= 0.3 is 6.03 Å². The molecule has 1 aliphatic rings. The van der Waals surface area contributed by atoms with Crippen molar-refractivity contribution in [3.8, 4) is 0 Å². The Balaban J connectivity index is 1.37. The van der Waals surface area contributed by atoms with Crippen molar-refractivity contribution in [2.24, 2.45) is 0 Å². The molecule has 0 saturated heterocycles. The summed E-state index contributed by atoms with van der Waals surface area (Å²) in [7, 11) is 0. The van der Waals surface area contributed by atoms with Crippen molar-refractivity contribution in [2.75, 3.05) is 0 Å². The van der Waals surface area contributed by atoms with E-state index in [-0.39, 0.29) is 17.9 Å². The Labute approximate surface area is 163 Å². The number of nitrogens with zero attached hydrogens (tertiary/aromatic N) is 3. The van der Waals surface area contributed by atoms with Crippen LogP contribution in [0.2, 0.25) is 0 Å². The molecule has 2 amide bonds. The quantitative estimate of drug-likeness (QED) is 0.677. The third-order valence-corrected chi connectivity index (χ3v) is 4.85. The Morgan fingerprint density at radius 1 is 1.14 bits per heavy atom. The highest BCUT2D eigenvalue weighted by Crippen LogP contribution is 2.28. The van der Waals surface area contributed by atoms with Crippen molar-refractivity contribution in [2.45, 2.75) is 38.5 Å². The van der Waals surface area contributed by atoms with Gasteiger partial charge in [0.15, 0.2) is 0 Å². The van der Waals surface area contributed by atoms with Crippen LogP contribution in [0.25, 0.3) is 0 Å². The number of nitrogens with one attached hydrogen (secondary N) is 1. The van der Waals surface area contributed by atoms with E-state index in [1.807, 2.05) is 33.9 Å². The van der Waals surface area contributed by atoms with E-state index in [1.54, 1.807) is 18.6 Å². The highest BCUT2D eigenvalue weighted by atomic mass is 19.1. The zero-order valence-electron chi connectivity index (χ0n) is 15.6. The van der Waals surface area contributed by atoms with Crippen LogP contribution >= 0.6 is 0 Å². The van der Waals surface area contributed by atoms with Gasteiger partial charge in [-0.25, -0.2) is 14.2 Å². The first-order valence-electron chi connectivity index (χ1n) is 9.50. The number of carbonyl (C=O) groups excluding carboxylic acids is 1. The van der Waals surface area contributed by atoms with Crippen molar-refractivity contribution >= 4 is 6.03 Å². The number of urea groups is 1. The van der Waals surface area contributed by atoms with Gasteiger partial charge in [0.2, 0.25) is 0 Å². The molecule has 28 heavy (non-hydrogen) atoms. The predicted molar refractivity (Wildman–Crippen MR) is 105 cm³/mol. The number of imidazole rings is 1. The van der Waals surface area contributed by atoms with E-state index < -0.39 is 0 Å². The number of hydrogen-bond acceptors (Lipinski definition) is 2. The highest BCUT2D eigenvalue weighted by molar-refractivity contribution is 5.75. The van der Waals surface area contributed by atoms with E-state index in [4.69, 9.17) is 0 Å². The summed E-state index contributed by atoms with van der Waals surface area (Å²) in [5, 5.41) is 3.02. The number of amides is 2. The molecule has 1 saturated carbocycles. The van der Waals surface area contributed by atoms with Gasteiger partial charge in [0.1, 0.15) is 5.82 Å². The van der Waals surface area contributed by atoms with Crippen LogP contribution < -0.4 is 5.32 Å². The number of rotatable bonds is 7. The lowest BCUT2D eigenvalue weighted by atomic mass is 10.1. The second-order valence-electron chi connectivity index (χ2n) is 7.20. The van der Waals surface area contributed by atoms with Crippen LogP contribution in [0.4, 0.5) is 9.18 Å². The fraction of sp³-hybridized carbons (Fsp3) is 0.273. The smallest absolute Gasteiger partial charge is 0.318 e. The molecule has 4 rings (SSSR count). The van der Waals surface area contributed by atoms with E-state index >= 15 is 0 Å². The lowest BCUT2D eigenvalue weighted by Crippen LogP contribution is -2.40. The summed E-state index contributed by atoms with van der Waals surface area (Å²) in [6, 6.07) is 14.7. The number of aromatic nitrogens is 2. The number of carbonyl (C=O) groups is 1. The maximum atomic E-state index is 13.5. The molecule has 1 N–H and O–H groups in total. The Hall–Kier alpha value is -3.15. The van der Waals surface area contributed by atoms with E-state index in [0.717, 1.165) is 36.1 Å². The SMILES string of the molecule is O=C(NCc1cccc(Cn2ccnc2)c1)N(Cc1cccc(F)c1)C1CC1. The van der Waals surface area contributed by atoms with E-state index in [0.29, 0.717) is 13.1 Å². The van der Waals surface area contributed by atoms with Gasteiger partial charge < -0.3 is 14.8 Å². The fourth-order valence-electron chi connectivity index (χ4n) is 3.29. The Morgan fingerprint density at radius 3 is 2.68 bits per heavy atom. The zero-order valence-corrected chi connectivity index (χ0v) is 15.6. The normalized spacial score (nSPS) is 13.3. The van der Waals surface area contributed by atoms with Crippen LogP contribution in [0.5, 0.6) is 0 Å². The van der Waals surface area contributed by atoms with Gasteiger partial charge in [-0.2, -0.15) is 0 Å². The molecule has 0 atom stereocenters. The first-order valence-corrected chi connectivity index (χ1v) is 9.50. The van der Waals surface area contributed by atoms with Crippen LogP contribution in [0.15, 0.2) is 67.3 Å². The van der Waals surface area contributed by atoms with Crippen molar-refractivity contribution in [3.05, 3.63) is 89.8 Å². The second kappa shape index (κ2) is 8.25. The van der Waals surface area contributed by atoms with Crippen LogP contribution in [0.3, 0.4) is 0 Å². The molecule has 6 heteroatoms. The molecule has 0 unspecified atom stereocenters. The summed E-state index contributed by atoms with van der Waals surface area (Å²) in [6.07, 6.45) is 7.48. The number of halogens is 1. The van der Waals surface area contributed by atoms with Gasteiger partial charge in [0, 0.05) is 38.1 Å². The Kier molecular flexibility index (Phi) is 5.37. The molecular weight excluding hydrogens is 355 g/mol. The van der Waals surface area contributed by atoms with Gasteiger partial charge in [0.25, 0.3) is 0 Å². The molecule has 0 bridgehead atoms. The van der Waals surface area contributed by atoms with Crippen molar-refractivity contribution < 1.29 is 9.18 Å². The largest absolute Gasteiger partial charge is 0.334 e. The van der Waals surface area contributed by atoms with Crippen molar-refractivity contribution in [1.82, 2.24) is 19.8 Å². The zero-order chi connectivity index (χ0) is 19.3. The molecule has 2 aromatic carbocycles. The maximum absolute atomic E-state index is 13.5. The lowest BCUT2D eigenvalue weighted by Gasteiger charge is -2.23. The van der Waals surface area contributed by atoms with Crippen LogP contribution in [0, 0.1) is 5.82 Å². The minimum absolute atomic E-state index is 0.105. The minimum atomic E-state index is -0.275. The Morgan fingerprint density at radius 2 is 1.93 bits per heavy atom. The lowest BCUT2D eigenvalue weighted by molar-refractivity contribution is 0.191. The molecule has 0 spiro atoms. The fourth-order valence-corrected chi connectivity index (χ4v) is 3.29. The van der Waals surface area contributed by atoms with Crippen molar-refractivity contribution in [1.29, 1.82) is 0 Å². The van der Waals surface area contributed by atoms with Crippen LogP contribution in [-0.4, -0.2) is 26.5 Å². The summed E-state index contributed by atoms with van der Waals surface area (Å²) in [4.78, 5) is 18.6. The summed E-state index contributed by atoms with van der Waals surface area (Å²) < 4.78 is 15.5. The molecule has 1 aliphatic carbocycles. The van der Waals surface area contributed by atoms with Gasteiger partial charge in [0.05, 0.1) is 6.33 Å². The molecule has 1 heterocycles. The second-order valence-corrected chi connectivity index (χ2v) is 7.20. The van der Waals surface area contributed by atoms with Gasteiger partial charge in [-0.1, -0.05) is 36.4 Å². The highest BCUT2D eigenvalue weighted by Gasteiger charge is 2.32. The van der Waals surface area contributed by atoms with Crippen LogP contribution in [0.1, 0.15) is 29.5 Å². The van der Waals surface area contributed by atoms with E-state index in [9.17, 15) is 9.18 Å². The monoisotopic (exact) mass is 378 g/mol. The number of benzene rings is 2. The number of hydrogen-bond donors (Lipinski definition) is 1. The van der Waals surface area contributed by atoms with Crippen molar-refractivity contribution in [3.63, 3.8) is 0 Å². The first-order chi connectivity index (χ1) is 13.7. The molecule has 0 aliphatic heterocycles. The predicted octanol–water partition coefficient (Wildman–Crippen LogP) is 3.94. The average Bonchev–Trinajstić information content (AvgIpc) is 3.41. The van der Waals surface area contributed by atoms with Gasteiger partial charge in [-0.3, -0.25) is 0 Å². The molecule has 1 aromatic heterocycles. The maximum Gasteiger partial charge on any atom is 0.318 e. The summed E-state index contributed by atoms with van der Waals surface area (Å²) in [5.74, 6) is -0.275. The first kappa shape index (κ1) is 18.2. The topological polar surface area (TPSA) is 50.2 Å². The summed E-state index contributed by atoms with van der Waals surface area (Å²) >= 11 is 0. The van der Waals surface area contributed by atoms with Gasteiger partial charge in [-0.15, -0.1) is 0 Å². The standard InChI is InChI=1S/C22H23FN4O/c23-20-6-2-5-19(12-20)15-27(21-7-8-21)22(28)25-13-17-3-1-4-18(11-17)14-26-10-9-24-16-26/h1-6,9-12,16,21H,7-8,13-15H2,(H,25,28). The van der Waals surface area contributed by atoms with Gasteiger partial charge in [-0.05, 0) is 41.7 Å². The molecular formula is C22H23FN4O. The van der Waals surface area contributed by atoms with E-state index in [2.05, 4.69) is 22.4 Å². The summed E-state index contributed by atoms with van der Waals surface area (Å²) in [5.41, 5.74) is 3.01. The molecule has 3 aromatic rings. The minimum Gasteiger partial charge on any atom is -0.334 e.